The number of hydrogen-bond donors (Lipinski definition) is 1. The Bertz CT molecular complexity index is 4200. The van der Waals surface area contributed by atoms with Crippen LogP contribution in [0.3, 0.4) is 0 Å². The number of rotatable bonds is 10. The van der Waals surface area contributed by atoms with Crippen molar-refractivity contribution in [2.75, 3.05) is 34.4 Å². The fourth-order valence-electron chi connectivity index (χ4n) is 13.3. The predicted molar refractivity (Wildman–Crippen MR) is 375 cm³/mol. The monoisotopic (exact) mass is 1180 g/mol. The summed E-state index contributed by atoms with van der Waals surface area (Å²) in [6.45, 7) is 45.1. The highest BCUT2D eigenvalue weighted by molar-refractivity contribution is 6.14. The Morgan fingerprint density at radius 3 is 1.48 bits per heavy atom. The lowest BCUT2D eigenvalue weighted by molar-refractivity contribution is 0.0514. The van der Waals surface area contributed by atoms with Crippen LogP contribution in [0, 0.1) is 53.9 Å². The molecule has 9 aromatic rings. The second-order valence-electron chi connectivity index (χ2n) is 27.3. The molecule has 9 aromatic carbocycles. The van der Waals surface area contributed by atoms with Crippen LogP contribution in [0.4, 0.5) is 4.79 Å². The molecule has 8 heteroatoms. The number of amides is 1. The first-order valence-corrected chi connectivity index (χ1v) is 31.3. The molecule has 0 spiro atoms. The molecule has 0 unspecified atom stereocenters. The molecule has 0 saturated heterocycles. The third kappa shape index (κ3) is 13.8. The summed E-state index contributed by atoms with van der Waals surface area (Å²) in [7, 11) is 5.22. The van der Waals surface area contributed by atoms with Gasteiger partial charge in [-0.25, -0.2) is 4.79 Å². The second kappa shape index (κ2) is 26.4. The van der Waals surface area contributed by atoms with Crippen molar-refractivity contribution in [3.8, 4) is 17.2 Å². The van der Waals surface area contributed by atoms with E-state index in [1.54, 1.807) is 27.4 Å². The lowest BCUT2D eigenvalue weighted by Crippen LogP contribution is -2.39. The number of benzene rings is 9. The Morgan fingerprint density at radius 2 is 1.01 bits per heavy atom. The standard InChI is InChI=1S/C27H33NO3.C25H27NO.C23H23NO.C5H12/c1-9-19(28-26(29)31-27(5,6)7)14-21-18(4)20-11-10-16(2)12-22(20)23-13-17(3)25(30-8)15-24(21)23;1-6-10-26-15-24-19-9-8-16(3)11-20(19)21-12-17(4)25(27-5)14-23(21)22(24)13-18(26)7-2;1-14-6-7-17-18(9-14)19-10-15(2)23(25-3)12-21(19)20-11-16-5-4-8-24(16)13-22(17)20;1-5(2,3)4/h9-13,15,19H,1,14H2,2-8H3,(H,28,29);6-9,11-12,14,18H,1-2,10,13,15H2,3-5H3;4-7,9-10,12,16H,8,11,13H2,1-3H3;1-4H3/t19-;18-;16-;/m111./s1. The van der Waals surface area contributed by atoms with E-state index in [0.717, 1.165) is 67.2 Å². The van der Waals surface area contributed by atoms with Crippen LogP contribution >= 0.6 is 0 Å². The van der Waals surface area contributed by atoms with Crippen LogP contribution < -0.4 is 19.5 Å². The first-order chi connectivity index (χ1) is 41.8. The largest absolute Gasteiger partial charge is 0.496 e. The summed E-state index contributed by atoms with van der Waals surface area (Å²) in [6, 6.07) is 34.4. The number of ether oxygens (including phenoxy) is 4. The van der Waals surface area contributed by atoms with Gasteiger partial charge < -0.3 is 24.3 Å². The fourth-order valence-corrected chi connectivity index (χ4v) is 13.3. The SMILES string of the molecule is C=CCN1Cc2c(c3cc(OC)c(C)cc3c3cc(C)ccc23)C[C@H]1C=C.C=C[C@H](Cc1c(C)c2ccc(C)cc2c2cc(C)c(OC)cc12)NC(=O)OC(C)(C)C.CC(C)(C)C.COc1cc2c3c(c4ccc(C)cc4c2cc1C)CN1CC=C[C@@H]1C3. The highest BCUT2D eigenvalue weighted by Crippen LogP contribution is 2.44. The van der Waals surface area contributed by atoms with Crippen LogP contribution in [-0.4, -0.2) is 74.0 Å². The van der Waals surface area contributed by atoms with Gasteiger partial charge in [0.2, 0.25) is 0 Å². The zero-order valence-corrected chi connectivity index (χ0v) is 55.8. The summed E-state index contributed by atoms with van der Waals surface area (Å²) in [5.74, 6) is 2.81. The van der Waals surface area contributed by atoms with Gasteiger partial charge in [-0.2, -0.15) is 0 Å². The molecule has 3 heterocycles. The summed E-state index contributed by atoms with van der Waals surface area (Å²) in [5, 5.41) is 18.6. The van der Waals surface area contributed by atoms with Crippen LogP contribution in [0.5, 0.6) is 17.2 Å². The molecule has 1 N–H and O–H groups in total. The molecule has 0 aliphatic carbocycles. The van der Waals surface area contributed by atoms with Crippen molar-refractivity contribution in [3.63, 3.8) is 0 Å². The molecule has 0 radical (unpaired) electrons. The van der Waals surface area contributed by atoms with Gasteiger partial charge >= 0.3 is 6.09 Å². The van der Waals surface area contributed by atoms with Gasteiger partial charge in [-0.1, -0.05) is 129 Å². The van der Waals surface area contributed by atoms with Gasteiger partial charge in [-0.3, -0.25) is 9.80 Å². The van der Waals surface area contributed by atoms with Gasteiger partial charge in [0.05, 0.1) is 27.4 Å². The number of carbonyl (C=O) groups excluding carboxylic acids is 1. The molecule has 12 rings (SSSR count). The Balaban J connectivity index is 0.000000152. The highest BCUT2D eigenvalue weighted by atomic mass is 16.6. The Hall–Kier alpha value is -7.91. The molecule has 3 atom stereocenters. The molecule has 460 valence electrons. The highest BCUT2D eigenvalue weighted by Gasteiger charge is 2.31. The summed E-state index contributed by atoms with van der Waals surface area (Å²) < 4.78 is 22.4. The van der Waals surface area contributed by atoms with Crippen LogP contribution in [0.15, 0.2) is 141 Å². The topological polar surface area (TPSA) is 72.5 Å². The van der Waals surface area contributed by atoms with E-state index in [1.165, 1.54) is 120 Å². The van der Waals surface area contributed by atoms with Crippen molar-refractivity contribution in [2.45, 2.75) is 153 Å². The van der Waals surface area contributed by atoms with Crippen molar-refractivity contribution < 1.29 is 23.7 Å². The van der Waals surface area contributed by atoms with Crippen LogP contribution in [0.25, 0.3) is 64.6 Å². The van der Waals surface area contributed by atoms with Crippen molar-refractivity contribution in [2.24, 2.45) is 5.41 Å². The van der Waals surface area contributed by atoms with E-state index < -0.39 is 11.7 Å². The van der Waals surface area contributed by atoms with Crippen LogP contribution in [-0.2, 0) is 37.1 Å². The summed E-state index contributed by atoms with van der Waals surface area (Å²) >= 11 is 0. The minimum absolute atomic E-state index is 0.257. The maximum Gasteiger partial charge on any atom is 0.408 e. The van der Waals surface area contributed by atoms with Crippen molar-refractivity contribution in [3.05, 3.63) is 208 Å². The molecule has 0 aromatic heterocycles. The second-order valence-corrected chi connectivity index (χ2v) is 27.3. The summed E-state index contributed by atoms with van der Waals surface area (Å²) in [4.78, 5) is 17.4. The lowest BCUT2D eigenvalue weighted by Gasteiger charge is -2.36. The first kappa shape index (κ1) is 64.6. The third-order valence-electron chi connectivity index (χ3n) is 17.4. The number of aryl methyl sites for hydroxylation is 7. The lowest BCUT2D eigenvalue weighted by atomic mass is 9.84. The minimum Gasteiger partial charge on any atom is -0.496 e. The van der Waals surface area contributed by atoms with E-state index in [0.29, 0.717) is 23.9 Å². The zero-order valence-electron chi connectivity index (χ0n) is 55.8. The molecular formula is C80H95N3O5. The van der Waals surface area contributed by atoms with Gasteiger partial charge in [-0.15, -0.1) is 19.7 Å². The van der Waals surface area contributed by atoms with E-state index in [2.05, 4.69) is 220 Å². The predicted octanol–water partition coefficient (Wildman–Crippen LogP) is 19.2. The number of carbonyl (C=O) groups is 1. The number of nitrogens with one attached hydrogen (secondary N) is 1. The van der Waals surface area contributed by atoms with Gasteiger partial charge in [0.15, 0.2) is 0 Å². The maximum atomic E-state index is 12.4. The molecule has 0 fully saturated rings. The molecule has 1 amide bonds. The molecule has 88 heavy (non-hydrogen) atoms. The van der Waals surface area contributed by atoms with Gasteiger partial charge in [-0.05, 0) is 245 Å². The number of hydrogen-bond acceptors (Lipinski definition) is 7. The van der Waals surface area contributed by atoms with Gasteiger partial charge in [0.25, 0.3) is 0 Å². The summed E-state index contributed by atoms with van der Waals surface area (Å²) in [6.07, 6.45) is 12.8. The zero-order chi connectivity index (χ0) is 63.7. The Morgan fingerprint density at radius 1 is 0.568 bits per heavy atom. The van der Waals surface area contributed by atoms with Crippen molar-refractivity contribution in [1.29, 1.82) is 0 Å². The van der Waals surface area contributed by atoms with Crippen LogP contribution in [0.2, 0.25) is 0 Å². The third-order valence-corrected chi connectivity index (χ3v) is 17.4. The van der Waals surface area contributed by atoms with Gasteiger partial charge in [0.1, 0.15) is 22.8 Å². The minimum atomic E-state index is -0.551. The molecule has 8 nitrogen and oxygen atoms in total. The van der Waals surface area contributed by atoms with Crippen molar-refractivity contribution in [1.82, 2.24) is 15.1 Å². The summed E-state index contributed by atoms with van der Waals surface area (Å²) in [5.41, 5.74) is 15.5. The van der Waals surface area contributed by atoms with E-state index in [1.807, 2.05) is 26.8 Å². The number of methoxy groups -OCH3 is 3. The van der Waals surface area contributed by atoms with Gasteiger partial charge in [0, 0.05) is 38.3 Å². The Labute approximate surface area is 524 Å². The molecule has 0 saturated carbocycles. The number of fused-ring (bicyclic) bond motifs is 16. The quantitative estimate of drug-likeness (QED) is 0.108. The Kier molecular flexibility index (Phi) is 19.4. The smallest absolute Gasteiger partial charge is 0.408 e. The molecule has 0 bridgehead atoms. The van der Waals surface area contributed by atoms with E-state index >= 15 is 0 Å². The molecule has 3 aliphatic rings. The first-order valence-electron chi connectivity index (χ1n) is 31.3. The number of nitrogens with zero attached hydrogens (tertiary/aromatic N) is 2. The maximum absolute atomic E-state index is 12.4. The number of alkyl carbamates (subject to hydrolysis) is 1. The van der Waals surface area contributed by atoms with Crippen molar-refractivity contribution >= 4 is 70.7 Å². The van der Waals surface area contributed by atoms with E-state index in [9.17, 15) is 4.79 Å². The van der Waals surface area contributed by atoms with E-state index in [-0.39, 0.29) is 6.04 Å². The van der Waals surface area contributed by atoms with Crippen LogP contribution in [0.1, 0.15) is 115 Å². The fraction of sp³-hybridized carbons (Fsp3) is 0.362. The molecular weight excluding hydrogens is 1080 g/mol. The average molecular weight is 1180 g/mol. The van der Waals surface area contributed by atoms with E-state index in [4.69, 9.17) is 18.9 Å². The average Bonchev–Trinajstić information content (AvgIpc) is 1.31. The normalized spacial score (nSPS) is 15.9. The molecule has 3 aliphatic heterocycles.